The fraction of sp³-hybridized carbons (Fsp3) is 0.150. The maximum atomic E-state index is 12.5. The van der Waals surface area contributed by atoms with Crippen LogP contribution in [-0.2, 0) is 0 Å². The van der Waals surface area contributed by atoms with E-state index in [0.29, 0.717) is 11.5 Å². The summed E-state index contributed by atoms with van der Waals surface area (Å²) in [6.45, 7) is 6.03. The zero-order valence-corrected chi connectivity index (χ0v) is 14.5. The molecule has 0 spiro atoms. The average Bonchev–Trinajstić information content (AvgIpc) is 2.61. The third kappa shape index (κ3) is 4.01. The lowest BCUT2D eigenvalue weighted by Crippen LogP contribution is -2.15. The lowest BCUT2D eigenvalue weighted by molar-refractivity contribution is 0.102. The summed E-state index contributed by atoms with van der Waals surface area (Å²) in [6, 6.07) is 15.4. The van der Waals surface area contributed by atoms with E-state index in [1.807, 2.05) is 63.2 Å². The molecule has 0 unspecified atom stereocenters. The van der Waals surface area contributed by atoms with E-state index in [2.05, 4.69) is 20.6 Å². The minimum atomic E-state index is -0.261. The first kappa shape index (κ1) is 16.6. The van der Waals surface area contributed by atoms with E-state index in [9.17, 15) is 4.79 Å². The van der Waals surface area contributed by atoms with Crippen LogP contribution in [0.5, 0.6) is 0 Å². The molecule has 0 fully saturated rings. The molecule has 25 heavy (non-hydrogen) atoms. The minimum absolute atomic E-state index is 0.261. The number of aromatic nitrogens is 2. The monoisotopic (exact) mass is 332 g/mol. The number of carbonyl (C=O) groups is 1. The summed E-state index contributed by atoms with van der Waals surface area (Å²) in [5.74, 6) is 0.313. The van der Waals surface area contributed by atoms with Crippen molar-refractivity contribution in [3.8, 4) is 0 Å². The van der Waals surface area contributed by atoms with Gasteiger partial charge in [0.2, 0.25) is 0 Å². The number of amides is 1. The smallest absolute Gasteiger partial charge is 0.274 e. The first-order valence-electron chi connectivity index (χ1n) is 8.06. The summed E-state index contributed by atoms with van der Waals surface area (Å²) in [5, 5.41) is 6.09. The van der Waals surface area contributed by atoms with Crippen LogP contribution in [0.3, 0.4) is 0 Å². The van der Waals surface area contributed by atoms with Gasteiger partial charge >= 0.3 is 0 Å². The number of carbonyl (C=O) groups excluding carboxylic acids is 1. The number of hydrogen-bond acceptors (Lipinski definition) is 4. The van der Waals surface area contributed by atoms with E-state index in [1.54, 1.807) is 6.07 Å². The van der Waals surface area contributed by atoms with E-state index in [1.165, 1.54) is 11.9 Å². The maximum Gasteiger partial charge on any atom is 0.274 e. The van der Waals surface area contributed by atoms with Gasteiger partial charge in [-0.05, 0) is 50.1 Å². The Morgan fingerprint density at radius 2 is 1.72 bits per heavy atom. The number of rotatable bonds is 4. The molecule has 2 aromatic carbocycles. The molecule has 0 saturated heterocycles. The Kier molecular flexibility index (Phi) is 4.75. The van der Waals surface area contributed by atoms with Crippen molar-refractivity contribution in [1.29, 1.82) is 0 Å². The molecule has 0 aliphatic carbocycles. The van der Waals surface area contributed by atoms with E-state index in [0.717, 1.165) is 22.5 Å². The van der Waals surface area contributed by atoms with Gasteiger partial charge in [0.25, 0.3) is 5.91 Å². The summed E-state index contributed by atoms with van der Waals surface area (Å²) in [6.07, 6.45) is 1.38. The van der Waals surface area contributed by atoms with Crippen LogP contribution in [0.2, 0.25) is 0 Å². The Bertz CT molecular complexity index is 904. The zero-order valence-electron chi connectivity index (χ0n) is 14.5. The summed E-state index contributed by atoms with van der Waals surface area (Å²) < 4.78 is 0. The Hall–Kier alpha value is -3.21. The molecule has 1 aromatic heterocycles. The second kappa shape index (κ2) is 7.13. The van der Waals surface area contributed by atoms with Gasteiger partial charge < -0.3 is 10.6 Å². The third-order valence-electron chi connectivity index (χ3n) is 4.08. The highest BCUT2D eigenvalue weighted by atomic mass is 16.1. The van der Waals surface area contributed by atoms with Crippen LogP contribution in [0.1, 0.15) is 27.2 Å². The first-order valence-corrected chi connectivity index (χ1v) is 8.06. The van der Waals surface area contributed by atoms with Gasteiger partial charge in [-0.1, -0.05) is 29.8 Å². The van der Waals surface area contributed by atoms with Gasteiger partial charge in [-0.15, -0.1) is 0 Å². The second-order valence-corrected chi connectivity index (χ2v) is 5.98. The molecule has 0 bridgehead atoms. The summed E-state index contributed by atoms with van der Waals surface area (Å²) in [4.78, 5) is 20.8. The summed E-state index contributed by atoms with van der Waals surface area (Å²) in [5.41, 5.74) is 5.36. The molecule has 0 saturated carbocycles. The van der Waals surface area contributed by atoms with Gasteiger partial charge in [0.05, 0.1) is 0 Å². The minimum Gasteiger partial charge on any atom is -0.340 e. The molecular formula is C20H20N4O. The van der Waals surface area contributed by atoms with Crippen LogP contribution in [0.15, 0.2) is 54.9 Å². The molecule has 0 aliphatic rings. The topological polar surface area (TPSA) is 66.9 Å². The molecule has 5 nitrogen and oxygen atoms in total. The highest BCUT2D eigenvalue weighted by molar-refractivity contribution is 6.03. The Morgan fingerprint density at radius 1 is 0.960 bits per heavy atom. The van der Waals surface area contributed by atoms with Crippen LogP contribution in [0.4, 0.5) is 17.2 Å². The Balaban J connectivity index is 1.77. The first-order chi connectivity index (χ1) is 12.0. The predicted molar refractivity (Wildman–Crippen MR) is 100 cm³/mol. The van der Waals surface area contributed by atoms with Gasteiger partial charge in [0, 0.05) is 17.4 Å². The van der Waals surface area contributed by atoms with Crippen LogP contribution >= 0.6 is 0 Å². The van der Waals surface area contributed by atoms with Crippen LogP contribution in [0.25, 0.3) is 0 Å². The molecule has 5 heteroatoms. The van der Waals surface area contributed by atoms with Gasteiger partial charge in [-0.2, -0.15) is 0 Å². The van der Waals surface area contributed by atoms with E-state index in [-0.39, 0.29) is 5.91 Å². The van der Waals surface area contributed by atoms with Crippen LogP contribution in [-0.4, -0.2) is 15.9 Å². The normalized spacial score (nSPS) is 10.4. The van der Waals surface area contributed by atoms with E-state index < -0.39 is 0 Å². The summed E-state index contributed by atoms with van der Waals surface area (Å²) >= 11 is 0. The quantitative estimate of drug-likeness (QED) is 0.743. The predicted octanol–water partition coefficient (Wildman–Crippen LogP) is 4.40. The van der Waals surface area contributed by atoms with Gasteiger partial charge in [0.15, 0.2) is 0 Å². The standard InChI is InChI=1S/C20H20N4O/c1-13-7-9-16(10-8-13)23-19-11-18(21-12-22-19)20(25)24-17-6-4-5-14(2)15(17)3/h4-12H,1-3H3,(H,24,25)(H,21,22,23). The van der Waals surface area contributed by atoms with Crippen LogP contribution < -0.4 is 10.6 Å². The van der Waals surface area contributed by atoms with Crippen LogP contribution in [0, 0.1) is 20.8 Å². The van der Waals surface area contributed by atoms with Crippen molar-refractivity contribution >= 4 is 23.1 Å². The molecule has 1 heterocycles. The van der Waals surface area contributed by atoms with Crippen molar-refractivity contribution in [2.24, 2.45) is 0 Å². The number of nitrogens with zero attached hydrogens (tertiary/aromatic N) is 2. The lowest BCUT2D eigenvalue weighted by Gasteiger charge is -2.11. The molecular weight excluding hydrogens is 312 g/mol. The molecule has 3 aromatic rings. The van der Waals surface area contributed by atoms with Gasteiger partial charge in [-0.25, -0.2) is 9.97 Å². The Labute approximate surface area is 147 Å². The molecule has 3 rings (SSSR count). The SMILES string of the molecule is Cc1ccc(Nc2cc(C(=O)Nc3cccc(C)c3C)ncn2)cc1. The fourth-order valence-electron chi connectivity index (χ4n) is 2.41. The van der Waals surface area contributed by atoms with Crippen molar-refractivity contribution in [1.82, 2.24) is 9.97 Å². The Morgan fingerprint density at radius 3 is 2.48 bits per heavy atom. The molecule has 0 aliphatic heterocycles. The van der Waals surface area contributed by atoms with E-state index >= 15 is 0 Å². The third-order valence-corrected chi connectivity index (χ3v) is 4.08. The zero-order chi connectivity index (χ0) is 17.8. The summed E-state index contributed by atoms with van der Waals surface area (Å²) in [7, 11) is 0. The number of hydrogen-bond donors (Lipinski definition) is 2. The molecule has 1 amide bonds. The number of anilines is 3. The second-order valence-electron chi connectivity index (χ2n) is 5.98. The van der Waals surface area contributed by atoms with Crippen molar-refractivity contribution in [2.45, 2.75) is 20.8 Å². The van der Waals surface area contributed by atoms with Gasteiger partial charge in [0.1, 0.15) is 17.8 Å². The van der Waals surface area contributed by atoms with Crippen molar-refractivity contribution in [2.75, 3.05) is 10.6 Å². The fourth-order valence-corrected chi connectivity index (χ4v) is 2.41. The molecule has 0 atom stereocenters. The molecule has 2 N–H and O–H groups in total. The largest absolute Gasteiger partial charge is 0.340 e. The highest BCUT2D eigenvalue weighted by Crippen LogP contribution is 2.19. The maximum absolute atomic E-state index is 12.5. The van der Waals surface area contributed by atoms with Gasteiger partial charge in [-0.3, -0.25) is 4.79 Å². The molecule has 126 valence electrons. The van der Waals surface area contributed by atoms with Crippen molar-refractivity contribution < 1.29 is 4.79 Å². The van der Waals surface area contributed by atoms with Crippen molar-refractivity contribution in [3.63, 3.8) is 0 Å². The number of benzene rings is 2. The number of nitrogens with one attached hydrogen (secondary N) is 2. The average molecular weight is 332 g/mol. The van der Waals surface area contributed by atoms with Crippen molar-refractivity contribution in [3.05, 3.63) is 77.2 Å². The van der Waals surface area contributed by atoms with E-state index in [4.69, 9.17) is 0 Å². The number of aryl methyl sites for hydroxylation is 2. The lowest BCUT2D eigenvalue weighted by atomic mass is 10.1. The molecule has 0 radical (unpaired) electrons. The highest BCUT2D eigenvalue weighted by Gasteiger charge is 2.11.